The molecule has 0 saturated heterocycles. The number of nitrogens with one attached hydrogen (secondary N) is 2. The van der Waals surface area contributed by atoms with Gasteiger partial charge in [-0.25, -0.2) is 13.1 Å². The van der Waals surface area contributed by atoms with Crippen LogP contribution in [0, 0.1) is 0 Å². The first-order chi connectivity index (χ1) is 12.9. The molecular formula is C21H22N2O3S. The fourth-order valence-corrected chi connectivity index (χ4v) is 4.15. The van der Waals surface area contributed by atoms with Crippen molar-refractivity contribution in [1.82, 2.24) is 10.0 Å². The standard InChI is InChI=1S/C21H22N2O3S/c1-3-22-27(25,26)18-11-6-10-17(14-18)21(24)23-15(2)19-13-7-9-16-8-4-5-12-20(16)19/h4-15,22H,3H2,1-2H3,(H,23,24). The van der Waals surface area contributed by atoms with E-state index in [0.717, 1.165) is 16.3 Å². The Morgan fingerprint density at radius 3 is 2.48 bits per heavy atom. The second-order valence-corrected chi connectivity index (χ2v) is 8.06. The lowest BCUT2D eigenvalue weighted by molar-refractivity contribution is 0.0940. The maximum atomic E-state index is 12.7. The molecule has 0 aliphatic rings. The first kappa shape index (κ1) is 19.1. The van der Waals surface area contributed by atoms with Gasteiger partial charge in [0.05, 0.1) is 10.9 Å². The summed E-state index contributed by atoms with van der Waals surface area (Å²) in [6, 6.07) is 19.8. The summed E-state index contributed by atoms with van der Waals surface area (Å²) < 4.78 is 26.7. The molecule has 0 aliphatic heterocycles. The van der Waals surface area contributed by atoms with E-state index in [-0.39, 0.29) is 23.4 Å². The zero-order valence-corrected chi connectivity index (χ0v) is 16.1. The zero-order valence-electron chi connectivity index (χ0n) is 15.3. The number of rotatable bonds is 6. The fraction of sp³-hybridized carbons (Fsp3) is 0.190. The van der Waals surface area contributed by atoms with E-state index in [1.54, 1.807) is 19.1 Å². The highest BCUT2D eigenvalue weighted by molar-refractivity contribution is 7.89. The van der Waals surface area contributed by atoms with Crippen LogP contribution in [-0.2, 0) is 10.0 Å². The molecule has 2 N–H and O–H groups in total. The predicted octanol–water partition coefficient (Wildman–Crippen LogP) is 3.63. The maximum Gasteiger partial charge on any atom is 0.251 e. The normalized spacial score (nSPS) is 12.7. The predicted molar refractivity (Wildman–Crippen MR) is 107 cm³/mol. The summed E-state index contributed by atoms with van der Waals surface area (Å²) >= 11 is 0. The molecule has 6 heteroatoms. The molecule has 3 rings (SSSR count). The Labute approximate surface area is 159 Å². The van der Waals surface area contributed by atoms with Crippen LogP contribution >= 0.6 is 0 Å². The molecule has 0 aromatic heterocycles. The molecule has 1 unspecified atom stereocenters. The van der Waals surface area contributed by atoms with Crippen LogP contribution in [0.1, 0.15) is 35.8 Å². The van der Waals surface area contributed by atoms with Gasteiger partial charge in [0, 0.05) is 12.1 Å². The van der Waals surface area contributed by atoms with Gasteiger partial charge in [0.1, 0.15) is 0 Å². The minimum absolute atomic E-state index is 0.0785. The Balaban J connectivity index is 1.85. The average molecular weight is 382 g/mol. The average Bonchev–Trinajstić information content (AvgIpc) is 2.67. The van der Waals surface area contributed by atoms with Crippen LogP contribution in [0.4, 0.5) is 0 Å². The van der Waals surface area contributed by atoms with Crippen LogP contribution in [0.25, 0.3) is 10.8 Å². The summed E-state index contributed by atoms with van der Waals surface area (Å²) in [6.45, 7) is 3.91. The number of sulfonamides is 1. The molecule has 0 saturated carbocycles. The number of carbonyl (C=O) groups is 1. The minimum Gasteiger partial charge on any atom is -0.345 e. The lowest BCUT2D eigenvalue weighted by atomic mass is 9.99. The van der Waals surface area contributed by atoms with Crippen LogP contribution in [0.2, 0.25) is 0 Å². The summed E-state index contributed by atoms with van der Waals surface area (Å²) in [6.07, 6.45) is 0. The van der Waals surface area contributed by atoms with Gasteiger partial charge < -0.3 is 5.32 Å². The van der Waals surface area contributed by atoms with E-state index in [1.807, 2.05) is 49.4 Å². The molecule has 1 atom stereocenters. The molecule has 0 heterocycles. The first-order valence-electron chi connectivity index (χ1n) is 8.80. The highest BCUT2D eigenvalue weighted by Gasteiger charge is 2.17. The fourth-order valence-electron chi connectivity index (χ4n) is 3.06. The summed E-state index contributed by atoms with van der Waals surface area (Å²) in [5, 5.41) is 5.15. The monoisotopic (exact) mass is 382 g/mol. The van der Waals surface area contributed by atoms with Crippen LogP contribution in [-0.4, -0.2) is 20.9 Å². The summed E-state index contributed by atoms with van der Waals surface area (Å²) in [7, 11) is -3.61. The molecule has 0 spiro atoms. The lowest BCUT2D eigenvalue weighted by Gasteiger charge is -2.17. The van der Waals surface area contributed by atoms with Gasteiger partial charge in [-0.15, -0.1) is 0 Å². The van der Waals surface area contributed by atoms with Crippen LogP contribution in [0.15, 0.2) is 71.6 Å². The molecule has 1 amide bonds. The molecule has 5 nitrogen and oxygen atoms in total. The molecule has 27 heavy (non-hydrogen) atoms. The van der Waals surface area contributed by atoms with Gasteiger partial charge in [-0.1, -0.05) is 55.5 Å². The number of hydrogen-bond donors (Lipinski definition) is 2. The molecule has 0 radical (unpaired) electrons. The van der Waals surface area contributed by atoms with Crippen molar-refractivity contribution in [3.63, 3.8) is 0 Å². The number of carbonyl (C=O) groups excluding carboxylic acids is 1. The van der Waals surface area contributed by atoms with Gasteiger partial charge >= 0.3 is 0 Å². The molecule has 140 valence electrons. The topological polar surface area (TPSA) is 75.3 Å². The van der Waals surface area contributed by atoms with E-state index in [2.05, 4.69) is 10.0 Å². The molecule has 3 aromatic carbocycles. The highest BCUT2D eigenvalue weighted by Crippen LogP contribution is 2.24. The van der Waals surface area contributed by atoms with Gasteiger partial charge in [0.25, 0.3) is 5.91 Å². The molecule has 0 aliphatic carbocycles. The van der Waals surface area contributed by atoms with Crippen molar-refractivity contribution in [2.75, 3.05) is 6.54 Å². The van der Waals surface area contributed by atoms with E-state index in [0.29, 0.717) is 5.56 Å². The Kier molecular flexibility index (Phi) is 5.58. The van der Waals surface area contributed by atoms with Crippen molar-refractivity contribution in [3.8, 4) is 0 Å². The van der Waals surface area contributed by atoms with Gasteiger partial charge in [0.2, 0.25) is 10.0 Å². The number of benzene rings is 3. The van der Waals surface area contributed by atoms with Crippen LogP contribution < -0.4 is 10.0 Å². The minimum atomic E-state index is -3.61. The van der Waals surface area contributed by atoms with E-state index >= 15 is 0 Å². The van der Waals surface area contributed by atoms with Crippen molar-refractivity contribution in [3.05, 3.63) is 77.9 Å². The van der Waals surface area contributed by atoms with Crippen molar-refractivity contribution in [1.29, 1.82) is 0 Å². The van der Waals surface area contributed by atoms with Gasteiger partial charge in [-0.05, 0) is 41.5 Å². The van der Waals surface area contributed by atoms with Crippen LogP contribution in [0.3, 0.4) is 0 Å². The Bertz CT molecular complexity index is 1070. The molecular weight excluding hydrogens is 360 g/mol. The smallest absolute Gasteiger partial charge is 0.251 e. The highest BCUT2D eigenvalue weighted by atomic mass is 32.2. The third kappa shape index (κ3) is 4.18. The molecule has 3 aromatic rings. The number of amides is 1. The van der Waals surface area contributed by atoms with E-state index < -0.39 is 10.0 Å². The molecule has 0 bridgehead atoms. The second-order valence-electron chi connectivity index (χ2n) is 6.29. The zero-order chi connectivity index (χ0) is 19.4. The van der Waals surface area contributed by atoms with E-state index in [9.17, 15) is 13.2 Å². The third-order valence-electron chi connectivity index (χ3n) is 4.38. The largest absolute Gasteiger partial charge is 0.345 e. The van der Waals surface area contributed by atoms with Crippen molar-refractivity contribution < 1.29 is 13.2 Å². The van der Waals surface area contributed by atoms with Crippen molar-refractivity contribution >= 4 is 26.7 Å². The SMILES string of the molecule is CCNS(=O)(=O)c1cccc(C(=O)NC(C)c2cccc3ccccc23)c1. The summed E-state index contributed by atoms with van der Waals surface area (Å²) in [5.74, 6) is -0.316. The van der Waals surface area contributed by atoms with Gasteiger partial charge in [-0.2, -0.15) is 0 Å². The van der Waals surface area contributed by atoms with Crippen LogP contribution in [0.5, 0.6) is 0 Å². The summed E-state index contributed by atoms with van der Waals surface area (Å²) in [4.78, 5) is 12.8. The van der Waals surface area contributed by atoms with Gasteiger partial charge in [-0.3, -0.25) is 4.79 Å². The Morgan fingerprint density at radius 2 is 1.70 bits per heavy atom. The Hall–Kier alpha value is -2.70. The maximum absolute atomic E-state index is 12.7. The lowest BCUT2D eigenvalue weighted by Crippen LogP contribution is -2.27. The molecule has 0 fully saturated rings. The van der Waals surface area contributed by atoms with Crippen molar-refractivity contribution in [2.24, 2.45) is 0 Å². The quantitative estimate of drug-likeness (QED) is 0.684. The number of hydrogen-bond acceptors (Lipinski definition) is 3. The van der Waals surface area contributed by atoms with E-state index in [4.69, 9.17) is 0 Å². The second kappa shape index (κ2) is 7.90. The number of fused-ring (bicyclic) bond motifs is 1. The van der Waals surface area contributed by atoms with E-state index in [1.165, 1.54) is 12.1 Å². The van der Waals surface area contributed by atoms with Gasteiger partial charge in [0.15, 0.2) is 0 Å². The third-order valence-corrected chi connectivity index (χ3v) is 5.92. The van der Waals surface area contributed by atoms with Crippen molar-refractivity contribution in [2.45, 2.75) is 24.8 Å². The first-order valence-corrected chi connectivity index (χ1v) is 10.3. The Morgan fingerprint density at radius 1 is 1.00 bits per heavy atom. The summed E-state index contributed by atoms with van der Waals surface area (Å²) in [5.41, 5.74) is 1.32.